The molecule has 1 amide bonds. The highest BCUT2D eigenvalue weighted by Crippen LogP contribution is 2.19. The highest BCUT2D eigenvalue weighted by molar-refractivity contribution is 5.98. The summed E-state index contributed by atoms with van der Waals surface area (Å²) >= 11 is 0. The molecule has 2 aromatic rings. The van der Waals surface area contributed by atoms with Crippen molar-refractivity contribution in [3.05, 3.63) is 35.8 Å². The van der Waals surface area contributed by atoms with Gasteiger partial charge in [-0.25, -0.2) is 4.39 Å². The first-order chi connectivity index (χ1) is 10.7. The third kappa shape index (κ3) is 3.84. The molecule has 0 unspecified atom stereocenters. The lowest BCUT2D eigenvalue weighted by Gasteiger charge is -2.21. The molecule has 0 aliphatic rings. The molecule has 0 radical (unpaired) electrons. The van der Waals surface area contributed by atoms with Crippen LogP contribution in [0, 0.1) is 5.82 Å². The van der Waals surface area contributed by atoms with Crippen molar-refractivity contribution in [3.8, 4) is 0 Å². The average Bonchev–Trinajstić information content (AvgIpc) is 2.96. The lowest BCUT2D eigenvalue weighted by atomic mass is 10.2. The molecule has 6 heteroatoms. The zero-order valence-corrected chi connectivity index (χ0v) is 12.9. The number of carbonyl (C=O) groups is 1. The summed E-state index contributed by atoms with van der Waals surface area (Å²) in [6.07, 6.45) is 0.737. The van der Waals surface area contributed by atoms with E-state index in [-0.39, 0.29) is 11.7 Å². The Hall–Kier alpha value is -1.92. The summed E-state index contributed by atoms with van der Waals surface area (Å²) in [5.41, 5.74) is 1.00. The maximum absolute atomic E-state index is 13.7. The number of H-pyrrole nitrogens is 1. The Morgan fingerprint density at radius 3 is 2.68 bits per heavy atom. The molecule has 0 aliphatic heterocycles. The van der Waals surface area contributed by atoms with Gasteiger partial charge in [0.1, 0.15) is 11.5 Å². The van der Waals surface area contributed by atoms with Gasteiger partial charge in [0.25, 0.3) is 5.91 Å². The summed E-state index contributed by atoms with van der Waals surface area (Å²) in [6, 6.07) is 6.30. The molecule has 120 valence electrons. The smallest absolute Gasteiger partial charge is 0.270 e. The third-order valence-electron chi connectivity index (χ3n) is 3.47. The Morgan fingerprint density at radius 2 is 2.00 bits per heavy atom. The number of hydrogen-bond donors (Lipinski definition) is 1. The number of hydrogen-bond acceptors (Lipinski definition) is 3. The molecule has 0 spiro atoms. The predicted molar refractivity (Wildman–Crippen MR) is 82.5 cm³/mol. The van der Waals surface area contributed by atoms with Crippen LogP contribution in [-0.4, -0.2) is 56.3 Å². The molecule has 0 saturated heterocycles. The zero-order chi connectivity index (χ0) is 15.9. The van der Waals surface area contributed by atoms with Gasteiger partial charge in [-0.15, -0.1) is 0 Å². The van der Waals surface area contributed by atoms with E-state index >= 15 is 0 Å². The van der Waals surface area contributed by atoms with Crippen LogP contribution < -0.4 is 0 Å². The van der Waals surface area contributed by atoms with E-state index in [9.17, 15) is 9.18 Å². The third-order valence-corrected chi connectivity index (χ3v) is 3.47. The fourth-order valence-electron chi connectivity index (χ4n) is 2.32. The topological polar surface area (TPSA) is 54.6 Å². The van der Waals surface area contributed by atoms with Crippen LogP contribution >= 0.6 is 0 Å². The number of aromatic amines is 1. The molecule has 1 aromatic carbocycles. The number of aromatic nitrogens is 1. The van der Waals surface area contributed by atoms with Crippen LogP contribution in [0.2, 0.25) is 0 Å². The summed E-state index contributed by atoms with van der Waals surface area (Å²) in [5.74, 6) is -0.501. The van der Waals surface area contributed by atoms with Crippen molar-refractivity contribution in [1.29, 1.82) is 0 Å². The number of fused-ring (bicyclic) bond motifs is 1. The molecule has 1 aromatic heterocycles. The van der Waals surface area contributed by atoms with E-state index in [2.05, 4.69) is 4.98 Å². The molecule has 1 N–H and O–H groups in total. The maximum atomic E-state index is 13.7. The van der Waals surface area contributed by atoms with E-state index in [0.29, 0.717) is 42.9 Å². The van der Waals surface area contributed by atoms with E-state index < -0.39 is 0 Å². The molecule has 0 bridgehead atoms. The fourth-order valence-corrected chi connectivity index (χ4v) is 2.32. The summed E-state index contributed by atoms with van der Waals surface area (Å²) in [5, 5.41) is 0.425. The van der Waals surface area contributed by atoms with Gasteiger partial charge < -0.3 is 19.4 Å². The molecule has 0 fully saturated rings. The van der Waals surface area contributed by atoms with E-state index in [1.165, 1.54) is 6.07 Å². The van der Waals surface area contributed by atoms with Crippen LogP contribution in [0.4, 0.5) is 4.39 Å². The van der Waals surface area contributed by atoms with Crippen LogP contribution in [-0.2, 0) is 9.47 Å². The minimum Gasteiger partial charge on any atom is -0.385 e. The minimum absolute atomic E-state index is 0.163. The first kappa shape index (κ1) is 16.5. The highest BCUT2D eigenvalue weighted by atomic mass is 19.1. The Kier molecular flexibility index (Phi) is 5.91. The Morgan fingerprint density at radius 1 is 1.23 bits per heavy atom. The number of methoxy groups -OCH3 is 2. The largest absolute Gasteiger partial charge is 0.385 e. The SMILES string of the molecule is COCCCN(CCOC)C(=O)c1cc2c(F)cccc2[nH]1. The standard InChI is InChI=1S/C16H21FN2O3/c1-21-9-4-7-19(8-10-22-2)16(20)15-11-12-13(17)5-3-6-14(12)18-15/h3,5-6,11,18H,4,7-10H2,1-2H3. The number of carbonyl (C=O) groups excluding carboxylic acids is 1. The van der Waals surface area contributed by atoms with Crippen molar-refractivity contribution in [2.24, 2.45) is 0 Å². The zero-order valence-electron chi connectivity index (χ0n) is 12.9. The van der Waals surface area contributed by atoms with Gasteiger partial charge in [-0.1, -0.05) is 6.07 Å². The Bertz CT molecular complexity index is 627. The molecule has 0 saturated carbocycles. The molecule has 5 nitrogen and oxygen atoms in total. The van der Waals surface area contributed by atoms with Crippen LogP contribution in [0.1, 0.15) is 16.9 Å². The predicted octanol–water partition coefficient (Wildman–Crippen LogP) is 2.43. The second-order valence-electron chi connectivity index (χ2n) is 5.02. The lowest BCUT2D eigenvalue weighted by Crippen LogP contribution is -2.35. The van der Waals surface area contributed by atoms with Crippen molar-refractivity contribution in [2.45, 2.75) is 6.42 Å². The summed E-state index contributed by atoms with van der Waals surface area (Å²) < 4.78 is 23.8. The van der Waals surface area contributed by atoms with E-state index in [0.717, 1.165) is 6.42 Å². The van der Waals surface area contributed by atoms with E-state index in [4.69, 9.17) is 9.47 Å². The van der Waals surface area contributed by atoms with Gasteiger partial charge in [-0.3, -0.25) is 4.79 Å². The molecular formula is C16H21FN2O3. The van der Waals surface area contributed by atoms with Crippen LogP contribution in [0.5, 0.6) is 0 Å². The van der Waals surface area contributed by atoms with Crippen LogP contribution in [0.3, 0.4) is 0 Å². The van der Waals surface area contributed by atoms with Crippen molar-refractivity contribution in [1.82, 2.24) is 9.88 Å². The number of benzene rings is 1. The van der Waals surface area contributed by atoms with Crippen LogP contribution in [0.25, 0.3) is 10.9 Å². The lowest BCUT2D eigenvalue weighted by molar-refractivity contribution is 0.0669. The van der Waals surface area contributed by atoms with E-state index in [1.54, 1.807) is 37.3 Å². The number of nitrogens with one attached hydrogen (secondary N) is 1. The summed E-state index contributed by atoms with van der Waals surface area (Å²) in [4.78, 5) is 17.3. The molecule has 1 heterocycles. The second kappa shape index (κ2) is 7.91. The second-order valence-corrected chi connectivity index (χ2v) is 5.02. The number of halogens is 1. The van der Waals surface area contributed by atoms with Crippen molar-refractivity contribution in [3.63, 3.8) is 0 Å². The summed E-state index contributed by atoms with van der Waals surface area (Å²) in [7, 11) is 3.22. The quantitative estimate of drug-likeness (QED) is 0.762. The normalized spacial score (nSPS) is 11.0. The first-order valence-corrected chi connectivity index (χ1v) is 7.21. The molecule has 22 heavy (non-hydrogen) atoms. The van der Waals surface area contributed by atoms with Gasteiger partial charge in [-0.2, -0.15) is 0 Å². The number of nitrogens with zero attached hydrogens (tertiary/aromatic N) is 1. The van der Waals surface area contributed by atoms with Gasteiger partial charge in [0, 0.05) is 44.8 Å². The van der Waals surface area contributed by atoms with Crippen molar-refractivity contribution in [2.75, 3.05) is 40.5 Å². The molecular weight excluding hydrogens is 287 g/mol. The van der Waals surface area contributed by atoms with Gasteiger partial charge >= 0.3 is 0 Å². The van der Waals surface area contributed by atoms with Crippen molar-refractivity contribution < 1.29 is 18.7 Å². The summed E-state index contributed by atoms with van der Waals surface area (Å²) in [6.45, 7) is 2.08. The number of ether oxygens (including phenoxy) is 2. The molecule has 2 rings (SSSR count). The minimum atomic E-state index is -0.337. The van der Waals surface area contributed by atoms with Gasteiger partial charge in [0.15, 0.2) is 0 Å². The highest BCUT2D eigenvalue weighted by Gasteiger charge is 2.18. The number of rotatable bonds is 8. The monoisotopic (exact) mass is 308 g/mol. The Balaban J connectivity index is 2.17. The van der Waals surface area contributed by atoms with Crippen molar-refractivity contribution >= 4 is 16.8 Å². The number of amides is 1. The van der Waals surface area contributed by atoms with Gasteiger partial charge in [-0.05, 0) is 24.6 Å². The van der Waals surface area contributed by atoms with Gasteiger partial charge in [0.05, 0.1) is 6.61 Å². The fraction of sp³-hybridized carbons (Fsp3) is 0.438. The average molecular weight is 308 g/mol. The first-order valence-electron chi connectivity index (χ1n) is 7.21. The van der Waals surface area contributed by atoms with Crippen LogP contribution in [0.15, 0.2) is 24.3 Å². The maximum Gasteiger partial charge on any atom is 0.270 e. The van der Waals surface area contributed by atoms with Gasteiger partial charge in [0.2, 0.25) is 0 Å². The molecule has 0 aliphatic carbocycles. The molecule has 0 atom stereocenters. The Labute approximate surface area is 129 Å². The van der Waals surface area contributed by atoms with E-state index in [1.807, 2.05) is 0 Å².